The number of hydrogen-bond donors (Lipinski definition) is 2. The second-order valence-electron chi connectivity index (χ2n) is 5.11. The molecule has 1 saturated heterocycles. The Morgan fingerprint density at radius 2 is 2.21 bits per heavy atom. The van der Waals surface area contributed by atoms with E-state index in [1.165, 1.54) is 5.56 Å². The molecule has 0 spiro atoms. The first-order valence-corrected chi connectivity index (χ1v) is 6.97. The van der Waals surface area contributed by atoms with Crippen molar-refractivity contribution in [3.8, 4) is 0 Å². The molecule has 2 atom stereocenters. The molecule has 0 radical (unpaired) electrons. The van der Waals surface area contributed by atoms with Crippen molar-refractivity contribution in [3.63, 3.8) is 0 Å². The molecule has 1 aliphatic rings. The van der Waals surface area contributed by atoms with Crippen molar-refractivity contribution in [1.82, 2.24) is 10.2 Å². The second-order valence-corrected chi connectivity index (χ2v) is 5.11. The number of nitrogens with zero attached hydrogens (tertiary/aromatic N) is 1. The molecule has 1 heterocycles. The largest absolute Gasteiger partial charge is 0.392 e. The van der Waals surface area contributed by atoms with Gasteiger partial charge in [0.1, 0.15) is 0 Å². The zero-order chi connectivity index (χ0) is 13.5. The average molecular weight is 264 g/mol. The Bertz CT molecular complexity index is 358. The van der Waals surface area contributed by atoms with E-state index in [9.17, 15) is 5.11 Å². The Balaban J connectivity index is 1.93. The third kappa shape index (κ3) is 4.58. The van der Waals surface area contributed by atoms with Crippen molar-refractivity contribution in [3.05, 3.63) is 35.9 Å². The van der Waals surface area contributed by atoms with Gasteiger partial charge in [0.05, 0.1) is 12.7 Å². The SMILES string of the molecule is COCCNC(CN1CC[C@H](O)C1)c1ccccc1. The normalized spacial score (nSPS) is 21.7. The van der Waals surface area contributed by atoms with Gasteiger partial charge in [-0.1, -0.05) is 30.3 Å². The number of aliphatic hydroxyl groups excluding tert-OH is 1. The minimum absolute atomic E-state index is 0.157. The summed E-state index contributed by atoms with van der Waals surface area (Å²) in [6, 6.07) is 10.8. The summed E-state index contributed by atoms with van der Waals surface area (Å²) in [7, 11) is 1.72. The zero-order valence-corrected chi connectivity index (χ0v) is 11.6. The summed E-state index contributed by atoms with van der Waals surface area (Å²) in [5, 5.41) is 13.1. The van der Waals surface area contributed by atoms with Crippen molar-refractivity contribution < 1.29 is 9.84 Å². The molecule has 0 amide bonds. The number of methoxy groups -OCH3 is 1. The van der Waals surface area contributed by atoms with Gasteiger partial charge in [0, 0.05) is 39.3 Å². The first kappa shape index (κ1) is 14.5. The van der Waals surface area contributed by atoms with Crippen LogP contribution in [0.25, 0.3) is 0 Å². The first-order valence-electron chi connectivity index (χ1n) is 6.97. The lowest BCUT2D eigenvalue weighted by Crippen LogP contribution is -2.35. The van der Waals surface area contributed by atoms with E-state index in [4.69, 9.17) is 4.74 Å². The summed E-state index contributed by atoms with van der Waals surface area (Å²) in [5.74, 6) is 0. The molecule has 1 fully saturated rings. The minimum Gasteiger partial charge on any atom is -0.392 e. The lowest BCUT2D eigenvalue weighted by Gasteiger charge is -2.25. The van der Waals surface area contributed by atoms with Gasteiger partial charge in [0.15, 0.2) is 0 Å². The molecule has 1 aromatic rings. The Kier molecular flexibility index (Phi) is 5.79. The number of ether oxygens (including phenoxy) is 1. The molecule has 19 heavy (non-hydrogen) atoms. The molecule has 0 bridgehead atoms. The number of β-amino-alcohol motifs (C(OH)–C–C–N with tert-alkyl or cyclic N) is 1. The summed E-state index contributed by atoms with van der Waals surface area (Å²) in [6.07, 6.45) is 0.731. The van der Waals surface area contributed by atoms with Crippen molar-refractivity contribution in [1.29, 1.82) is 0 Å². The highest BCUT2D eigenvalue weighted by molar-refractivity contribution is 5.19. The Morgan fingerprint density at radius 3 is 2.84 bits per heavy atom. The molecule has 4 nitrogen and oxygen atoms in total. The fraction of sp³-hybridized carbons (Fsp3) is 0.600. The molecular formula is C15H24N2O2. The van der Waals surface area contributed by atoms with Crippen LogP contribution in [0.15, 0.2) is 30.3 Å². The number of nitrogens with one attached hydrogen (secondary N) is 1. The van der Waals surface area contributed by atoms with E-state index in [1.807, 2.05) is 6.07 Å². The summed E-state index contributed by atoms with van der Waals surface area (Å²) in [4.78, 5) is 2.32. The monoisotopic (exact) mass is 264 g/mol. The topological polar surface area (TPSA) is 44.7 Å². The van der Waals surface area contributed by atoms with Crippen molar-refractivity contribution in [2.45, 2.75) is 18.6 Å². The van der Waals surface area contributed by atoms with Gasteiger partial charge in [0.25, 0.3) is 0 Å². The van der Waals surface area contributed by atoms with Gasteiger partial charge in [0.2, 0.25) is 0 Å². The molecule has 0 saturated carbocycles. The Morgan fingerprint density at radius 1 is 1.42 bits per heavy atom. The van der Waals surface area contributed by atoms with Crippen LogP contribution in [0, 0.1) is 0 Å². The van der Waals surface area contributed by atoms with Gasteiger partial charge in [-0.05, 0) is 12.0 Å². The summed E-state index contributed by atoms with van der Waals surface area (Å²) in [5.41, 5.74) is 1.29. The second kappa shape index (κ2) is 7.60. The smallest absolute Gasteiger partial charge is 0.0679 e. The van der Waals surface area contributed by atoms with Gasteiger partial charge in [-0.25, -0.2) is 0 Å². The van der Waals surface area contributed by atoms with E-state index >= 15 is 0 Å². The molecule has 2 rings (SSSR count). The van der Waals surface area contributed by atoms with Crippen LogP contribution in [0.2, 0.25) is 0 Å². The summed E-state index contributed by atoms with van der Waals surface area (Å²) in [6.45, 7) is 4.26. The molecule has 4 heteroatoms. The van der Waals surface area contributed by atoms with Crippen molar-refractivity contribution in [2.75, 3.05) is 39.9 Å². The van der Waals surface area contributed by atoms with Crippen LogP contribution in [0.4, 0.5) is 0 Å². The maximum atomic E-state index is 9.62. The zero-order valence-electron chi connectivity index (χ0n) is 11.6. The minimum atomic E-state index is -0.157. The highest BCUT2D eigenvalue weighted by Crippen LogP contribution is 2.17. The van der Waals surface area contributed by atoms with Gasteiger partial charge in [-0.15, -0.1) is 0 Å². The predicted molar refractivity (Wildman–Crippen MR) is 76.1 cm³/mol. The number of benzene rings is 1. The van der Waals surface area contributed by atoms with Crippen LogP contribution in [0.5, 0.6) is 0 Å². The molecule has 106 valence electrons. The quantitative estimate of drug-likeness (QED) is 0.722. The maximum absolute atomic E-state index is 9.62. The van der Waals surface area contributed by atoms with Gasteiger partial charge < -0.3 is 15.2 Å². The standard InChI is InChI=1S/C15H24N2O2/c1-19-10-8-16-15(13-5-3-2-4-6-13)12-17-9-7-14(18)11-17/h2-6,14-16,18H,7-12H2,1H3/t14-,15?/m0/s1. The molecule has 1 aromatic carbocycles. The number of likely N-dealkylation sites (tertiary alicyclic amines) is 1. The number of hydrogen-bond acceptors (Lipinski definition) is 4. The van der Waals surface area contributed by atoms with Crippen molar-refractivity contribution in [2.24, 2.45) is 0 Å². The van der Waals surface area contributed by atoms with Gasteiger partial charge in [-0.2, -0.15) is 0 Å². The lowest BCUT2D eigenvalue weighted by molar-refractivity contribution is 0.168. The molecule has 0 aliphatic carbocycles. The number of rotatable bonds is 7. The van der Waals surface area contributed by atoms with Crippen LogP contribution < -0.4 is 5.32 Å². The number of aliphatic hydroxyl groups is 1. The fourth-order valence-electron chi connectivity index (χ4n) is 2.54. The van der Waals surface area contributed by atoms with Crippen molar-refractivity contribution >= 4 is 0 Å². The molecule has 1 aliphatic heterocycles. The predicted octanol–water partition coefficient (Wildman–Crippen LogP) is 1.03. The van der Waals surface area contributed by atoms with Crippen LogP contribution in [0.3, 0.4) is 0 Å². The highest BCUT2D eigenvalue weighted by atomic mass is 16.5. The van der Waals surface area contributed by atoms with E-state index in [0.29, 0.717) is 12.6 Å². The van der Waals surface area contributed by atoms with E-state index < -0.39 is 0 Å². The molecule has 0 aromatic heterocycles. The van der Waals surface area contributed by atoms with E-state index in [2.05, 4.69) is 34.5 Å². The summed E-state index contributed by atoms with van der Waals surface area (Å²) >= 11 is 0. The fourth-order valence-corrected chi connectivity index (χ4v) is 2.54. The maximum Gasteiger partial charge on any atom is 0.0679 e. The third-order valence-corrected chi connectivity index (χ3v) is 3.59. The third-order valence-electron chi connectivity index (χ3n) is 3.59. The molecular weight excluding hydrogens is 240 g/mol. The molecule has 1 unspecified atom stereocenters. The lowest BCUT2D eigenvalue weighted by atomic mass is 10.1. The van der Waals surface area contributed by atoms with Crippen LogP contribution in [0.1, 0.15) is 18.0 Å². The van der Waals surface area contributed by atoms with Crippen LogP contribution >= 0.6 is 0 Å². The summed E-state index contributed by atoms with van der Waals surface area (Å²) < 4.78 is 5.10. The highest BCUT2D eigenvalue weighted by Gasteiger charge is 2.23. The Labute approximate surface area is 115 Å². The van der Waals surface area contributed by atoms with Gasteiger partial charge >= 0.3 is 0 Å². The first-order chi connectivity index (χ1) is 9.29. The average Bonchev–Trinajstić information content (AvgIpc) is 2.84. The van der Waals surface area contributed by atoms with Crippen LogP contribution in [-0.4, -0.2) is 56.0 Å². The van der Waals surface area contributed by atoms with E-state index in [0.717, 1.165) is 32.6 Å². The molecule has 2 N–H and O–H groups in total. The van der Waals surface area contributed by atoms with E-state index in [-0.39, 0.29) is 6.10 Å². The Hall–Kier alpha value is -0.940. The van der Waals surface area contributed by atoms with E-state index in [1.54, 1.807) is 7.11 Å². The van der Waals surface area contributed by atoms with Crippen LogP contribution in [-0.2, 0) is 4.74 Å². The van der Waals surface area contributed by atoms with Gasteiger partial charge in [-0.3, -0.25) is 4.90 Å².